The molecule has 1 aromatic heterocycles. The van der Waals surface area contributed by atoms with Crippen molar-refractivity contribution in [3.8, 4) is 0 Å². The van der Waals surface area contributed by atoms with Crippen LogP contribution in [0.25, 0.3) is 11.0 Å². The summed E-state index contributed by atoms with van der Waals surface area (Å²) in [5.74, 6) is -1.21. The van der Waals surface area contributed by atoms with Crippen LogP contribution in [0.3, 0.4) is 0 Å². The van der Waals surface area contributed by atoms with Crippen molar-refractivity contribution < 1.29 is 18.7 Å². The summed E-state index contributed by atoms with van der Waals surface area (Å²) in [7, 11) is 1.54. The molecule has 8 nitrogen and oxygen atoms in total. The van der Waals surface area contributed by atoms with Crippen molar-refractivity contribution in [1.29, 1.82) is 0 Å². The summed E-state index contributed by atoms with van der Waals surface area (Å²) >= 11 is 0. The minimum atomic E-state index is -1.05. The van der Waals surface area contributed by atoms with Crippen molar-refractivity contribution in [1.82, 2.24) is 20.3 Å². The van der Waals surface area contributed by atoms with E-state index < -0.39 is 17.8 Å². The number of aromatic nitrogens is 3. The van der Waals surface area contributed by atoms with Crippen molar-refractivity contribution in [3.05, 3.63) is 89.2 Å². The van der Waals surface area contributed by atoms with Crippen LogP contribution in [0.2, 0.25) is 0 Å². The molecular weight excluding hydrogens is 461 g/mol. The summed E-state index contributed by atoms with van der Waals surface area (Å²) in [4.78, 5) is 28.9. The number of hydrogen-bond acceptors (Lipinski definition) is 5. The largest absolute Gasteiger partial charge is 0.383 e. The van der Waals surface area contributed by atoms with E-state index in [0.717, 1.165) is 11.1 Å². The van der Waals surface area contributed by atoms with Gasteiger partial charge in [0, 0.05) is 19.3 Å². The second kappa shape index (κ2) is 11.1. The van der Waals surface area contributed by atoms with Gasteiger partial charge in [-0.25, -0.2) is 9.07 Å². The van der Waals surface area contributed by atoms with Gasteiger partial charge in [0.05, 0.1) is 12.1 Å². The van der Waals surface area contributed by atoms with E-state index >= 15 is 0 Å². The lowest BCUT2D eigenvalue weighted by molar-refractivity contribution is -0.127. The van der Waals surface area contributed by atoms with Crippen LogP contribution in [-0.4, -0.2) is 47.1 Å². The third-order valence-corrected chi connectivity index (χ3v) is 5.76. The monoisotopic (exact) mass is 489 g/mol. The third kappa shape index (κ3) is 5.58. The van der Waals surface area contributed by atoms with Crippen molar-refractivity contribution >= 4 is 28.5 Å². The Morgan fingerprint density at radius 3 is 2.44 bits per heavy atom. The van der Waals surface area contributed by atoms with Gasteiger partial charge in [-0.15, -0.1) is 5.10 Å². The summed E-state index contributed by atoms with van der Waals surface area (Å²) < 4.78 is 20.3. The predicted octanol–water partition coefficient (Wildman–Crippen LogP) is 3.72. The number of nitrogens with one attached hydrogen (secondary N) is 1. The van der Waals surface area contributed by atoms with Gasteiger partial charge in [0.1, 0.15) is 23.9 Å². The van der Waals surface area contributed by atoms with Crippen LogP contribution >= 0.6 is 0 Å². The van der Waals surface area contributed by atoms with Gasteiger partial charge >= 0.3 is 0 Å². The molecule has 2 amide bonds. The maximum absolute atomic E-state index is 14.0. The van der Waals surface area contributed by atoms with Crippen LogP contribution in [0, 0.1) is 19.7 Å². The molecule has 0 spiro atoms. The number of halogens is 1. The number of fused-ring (bicyclic) bond motifs is 1. The molecule has 0 saturated carbocycles. The van der Waals surface area contributed by atoms with Gasteiger partial charge in [-0.2, -0.15) is 0 Å². The number of anilines is 1. The average Bonchev–Trinajstić information content (AvgIpc) is 3.25. The Hall–Kier alpha value is -4.11. The van der Waals surface area contributed by atoms with E-state index in [9.17, 15) is 14.0 Å². The normalized spacial score (nSPS) is 11.9. The third-order valence-electron chi connectivity index (χ3n) is 5.76. The first-order chi connectivity index (χ1) is 17.4. The van der Waals surface area contributed by atoms with E-state index in [4.69, 9.17) is 4.74 Å². The van der Waals surface area contributed by atoms with Crippen LogP contribution in [-0.2, 0) is 20.9 Å². The first-order valence-corrected chi connectivity index (χ1v) is 11.6. The van der Waals surface area contributed by atoms with Gasteiger partial charge in [0.2, 0.25) is 11.8 Å². The molecule has 1 heterocycles. The highest BCUT2D eigenvalue weighted by Crippen LogP contribution is 2.30. The fourth-order valence-corrected chi connectivity index (χ4v) is 4.20. The SMILES string of the molecule is COCCNC(=O)[C@H](c1ccc(F)cc1)N(C(=O)Cn1nnc2ccccc21)c1cc(C)cc(C)c1. The summed E-state index contributed by atoms with van der Waals surface area (Å²) in [6.45, 7) is 4.28. The quantitative estimate of drug-likeness (QED) is 0.362. The minimum absolute atomic E-state index is 0.142. The fraction of sp³-hybridized carbons (Fsp3) is 0.259. The smallest absolute Gasteiger partial charge is 0.249 e. The predicted molar refractivity (Wildman–Crippen MR) is 135 cm³/mol. The average molecular weight is 490 g/mol. The molecule has 0 saturated heterocycles. The zero-order valence-corrected chi connectivity index (χ0v) is 20.4. The number of para-hydroxylation sites is 1. The van der Waals surface area contributed by atoms with Crippen LogP contribution in [0.5, 0.6) is 0 Å². The maximum atomic E-state index is 14.0. The fourth-order valence-electron chi connectivity index (χ4n) is 4.20. The maximum Gasteiger partial charge on any atom is 0.249 e. The Balaban J connectivity index is 1.80. The topological polar surface area (TPSA) is 89.4 Å². The van der Waals surface area contributed by atoms with E-state index in [0.29, 0.717) is 28.9 Å². The number of ether oxygens (including phenoxy) is 1. The number of benzene rings is 3. The molecule has 1 N–H and O–H groups in total. The number of amides is 2. The zero-order valence-electron chi connectivity index (χ0n) is 20.4. The number of rotatable bonds is 9. The molecule has 0 unspecified atom stereocenters. The van der Waals surface area contributed by atoms with Crippen LogP contribution in [0.4, 0.5) is 10.1 Å². The van der Waals surface area contributed by atoms with Gasteiger partial charge in [-0.3, -0.25) is 14.5 Å². The number of methoxy groups -OCH3 is 1. The molecule has 0 bridgehead atoms. The highest BCUT2D eigenvalue weighted by atomic mass is 19.1. The Morgan fingerprint density at radius 2 is 1.75 bits per heavy atom. The lowest BCUT2D eigenvalue weighted by Crippen LogP contribution is -2.46. The van der Waals surface area contributed by atoms with Crippen LogP contribution < -0.4 is 10.2 Å². The number of nitrogens with zero attached hydrogens (tertiary/aromatic N) is 4. The van der Waals surface area contributed by atoms with Crippen molar-refractivity contribution in [2.75, 3.05) is 25.2 Å². The van der Waals surface area contributed by atoms with E-state index in [2.05, 4.69) is 15.6 Å². The number of hydrogen-bond donors (Lipinski definition) is 1. The van der Waals surface area contributed by atoms with Gasteiger partial charge < -0.3 is 10.1 Å². The van der Waals surface area contributed by atoms with E-state index in [-0.39, 0.29) is 19.0 Å². The van der Waals surface area contributed by atoms with Crippen LogP contribution in [0.1, 0.15) is 22.7 Å². The van der Waals surface area contributed by atoms with Gasteiger partial charge in [-0.05, 0) is 66.9 Å². The Labute approximate surface area is 208 Å². The highest BCUT2D eigenvalue weighted by molar-refractivity contribution is 6.01. The van der Waals surface area contributed by atoms with Crippen molar-refractivity contribution in [2.45, 2.75) is 26.4 Å². The Bertz CT molecular complexity index is 1350. The minimum Gasteiger partial charge on any atom is -0.383 e. The van der Waals surface area contributed by atoms with Crippen molar-refractivity contribution in [3.63, 3.8) is 0 Å². The molecule has 3 aromatic carbocycles. The zero-order chi connectivity index (χ0) is 25.7. The van der Waals surface area contributed by atoms with Crippen LogP contribution in [0.15, 0.2) is 66.7 Å². The molecule has 0 aliphatic heterocycles. The number of carbonyl (C=O) groups excluding carboxylic acids is 2. The first kappa shape index (κ1) is 25.0. The van der Waals surface area contributed by atoms with Gasteiger partial charge in [0.25, 0.3) is 0 Å². The summed E-state index contributed by atoms with van der Waals surface area (Å²) in [5, 5.41) is 11.1. The van der Waals surface area contributed by atoms with E-state index in [1.165, 1.54) is 41.0 Å². The number of carbonyl (C=O) groups is 2. The summed E-state index contributed by atoms with van der Waals surface area (Å²) in [6.07, 6.45) is 0. The van der Waals surface area contributed by atoms with Crippen molar-refractivity contribution in [2.24, 2.45) is 0 Å². The standard InChI is InChI=1S/C27H28FN5O3/c1-18-14-19(2)16-22(15-18)33(25(34)17-32-24-7-5-4-6-23(24)30-31-32)26(27(35)29-12-13-36-3)20-8-10-21(28)11-9-20/h4-11,14-16,26H,12-13,17H2,1-3H3,(H,29,35)/t26-/m0/s1. The van der Waals surface area contributed by atoms with E-state index in [1.807, 2.05) is 56.3 Å². The van der Waals surface area contributed by atoms with E-state index in [1.54, 1.807) is 0 Å². The summed E-state index contributed by atoms with van der Waals surface area (Å²) in [6, 6.07) is 17.6. The van der Waals surface area contributed by atoms with Gasteiger partial charge in [0.15, 0.2) is 0 Å². The second-order valence-corrected chi connectivity index (χ2v) is 8.58. The molecule has 9 heteroatoms. The van der Waals surface area contributed by atoms with Gasteiger partial charge in [-0.1, -0.05) is 35.5 Å². The molecule has 186 valence electrons. The lowest BCUT2D eigenvalue weighted by Gasteiger charge is -2.32. The molecule has 4 rings (SSSR count). The second-order valence-electron chi connectivity index (χ2n) is 8.58. The molecule has 36 heavy (non-hydrogen) atoms. The lowest BCUT2D eigenvalue weighted by atomic mass is 10.0. The molecule has 1 atom stereocenters. The molecular formula is C27H28FN5O3. The highest BCUT2D eigenvalue weighted by Gasteiger charge is 2.33. The number of aryl methyl sites for hydroxylation is 2. The molecule has 0 aliphatic carbocycles. The summed E-state index contributed by atoms with van der Waals surface area (Å²) in [5.41, 5.74) is 4.27. The molecule has 0 aliphatic rings. The molecule has 4 aromatic rings. The molecule has 0 radical (unpaired) electrons. The Kier molecular flexibility index (Phi) is 7.70. The first-order valence-electron chi connectivity index (χ1n) is 11.6. The Morgan fingerprint density at radius 1 is 1.06 bits per heavy atom. The molecule has 0 fully saturated rings.